The normalized spacial score (nSPS) is 37.1. The van der Waals surface area contributed by atoms with E-state index in [9.17, 15) is 14.4 Å². The molecule has 18 heavy (non-hydrogen) atoms. The summed E-state index contributed by atoms with van der Waals surface area (Å²) in [5.74, 6) is -1.10. The van der Waals surface area contributed by atoms with Gasteiger partial charge in [0, 0.05) is 0 Å². The van der Waals surface area contributed by atoms with E-state index >= 15 is 0 Å². The van der Waals surface area contributed by atoms with Crippen molar-refractivity contribution in [1.82, 2.24) is 4.90 Å². The zero-order valence-corrected chi connectivity index (χ0v) is 10.2. The molecule has 0 aromatic carbocycles. The van der Waals surface area contributed by atoms with Crippen molar-refractivity contribution in [2.24, 2.45) is 23.7 Å². The number of methoxy groups -OCH3 is 1. The lowest BCUT2D eigenvalue weighted by Crippen LogP contribution is -2.38. The monoisotopic (exact) mass is 249 g/mol. The van der Waals surface area contributed by atoms with E-state index in [-0.39, 0.29) is 42.0 Å². The predicted molar refractivity (Wildman–Crippen MR) is 61.1 cm³/mol. The maximum atomic E-state index is 12.3. The molecular weight excluding hydrogens is 234 g/mol. The number of fused-ring (bicyclic) bond motifs is 1. The predicted octanol–water partition coefficient (Wildman–Crippen LogP) is 0.357. The molecule has 0 aromatic rings. The summed E-state index contributed by atoms with van der Waals surface area (Å²) in [7, 11) is 1.26. The molecule has 1 heterocycles. The van der Waals surface area contributed by atoms with Gasteiger partial charge >= 0.3 is 5.97 Å². The molecule has 5 heteroatoms. The molecule has 2 bridgehead atoms. The Kier molecular flexibility index (Phi) is 2.50. The van der Waals surface area contributed by atoms with Crippen molar-refractivity contribution < 1.29 is 19.1 Å². The van der Waals surface area contributed by atoms with Crippen LogP contribution in [-0.2, 0) is 19.1 Å². The third-order valence-electron chi connectivity index (χ3n) is 4.37. The van der Waals surface area contributed by atoms with Crippen LogP contribution in [0, 0.1) is 23.7 Å². The number of imide groups is 1. The fourth-order valence-corrected chi connectivity index (χ4v) is 3.49. The van der Waals surface area contributed by atoms with Gasteiger partial charge in [-0.2, -0.15) is 0 Å². The van der Waals surface area contributed by atoms with Crippen LogP contribution in [0.5, 0.6) is 0 Å². The maximum Gasteiger partial charge on any atom is 0.325 e. The second-order valence-electron chi connectivity index (χ2n) is 5.18. The average Bonchev–Trinajstić information content (AvgIpc) is 2.67. The third kappa shape index (κ3) is 1.43. The summed E-state index contributed by atoms with van der Waals surface area (Å²) in [6, 6.07) is 0. The smallest absolute Gasteiger partial charge is 0.325 e. The summed E-state index contributed by atoms with van der Waals surface area (Å²) in [6.07, 6.45) is 6.05. The van der Waals surface area contributed by atoms with E-state index in [2.05, 4.69) is 16.9 Å². The molecule has 96 valence electrons. The van der Waals surface area contributed by atoms with Gasteiger partial charge < -0.3 is 4.74 Å². The highest BCUT2D eigenvalue weighted by molar-refractivity contribution is 6.07. The highest BCUT2D eigenvalue weighted by Gasteiger charge is 2.56. The number of likely N-dealkylation sites (tertiary alicyclic amines) is 1. The van der Waals surface area contributed by atoms with Crippen LogP contribution in [-0.4, -0.2) is 36.3 Å². The first kappa shape index (κ1) is 11.4. The lowest BCUT2D eigenvalue weighted by Gasteiger charge is -2.38. The van der Waals surface area contributed by atoms with E-state index in [4.69, 9.17) is 0 Å². The van der Waals surface area contributed by atoms with Gasteiger partial charge in [0.05, 0.1) is 18.9 Å². The Morgan fingerprint density at radius 3 is 2.11 bits per heavy atom. The summed E-state index contributed by atoms with van der Waals surface area (Å²) in [5, 5.41) is 0. The van der Waals surface area contributed by atoms with Crippen LogP contribution in [0.3, 0.4) is 0 Å². The lowest BCUT2D eigenvalue weighted by molar-refractivity contribution is -0.151. The fourth-order valence-electron chi connectivity index (χ4n) is 3.49. The summed E-state index contributed by atoms with van der Waals surface area (Å²) in [5.41, 5.74) is 0. The van der Waals surface area contributed by atoms with E-state index in [0.717, 1.165) is 17.7 Å². The van der Waals surface area contributed by atoms with Crippen LogP contribution in [0.4, 0.5) is 0 Å². The van der Waals surface area contributed by atoms with Crippen molar-refractivity contribution in [2.45, 2.75) is 12.8 Å². The van der Waals surface area contributed by atoms with Gasteiger partial charge in [0.15, 0.2) is 0 Å². The Balaban J connectivity index is 1.88. The van der Waals surface area contributed by atoms with Gasteiger partial charge in [-0.05, 0) is 24.7 Å². The number of rotatable bonds is 2. The Morgan fingerprint density at radius 2 is 1.72 bits per heavy atom. The van der Waals surface area contributed by atoms with Gasteiger partial charge in [-0.3, -0.25) is 19.3 Å². The Bertz CT molecular complexity index is 424. The van der Waals surface area contributed by atoms with Crippen LogP contribution in [0.15, 0.2) is 12.2 Å². The molecule has 0 N–H and O–H groups in total. The lowest BCUT2D eigenvalue weighted by atomic mass is 9.63. The first-order valence-electron chi connectivity index (χ1n) is 6.24. The molecule has 2 amide bonds. The highest BCUT2D eigenvalue weighted by Crippen LogP contribution is 2.49. The molecular formula is C13H15NO4. The molecule has 0 spiro atoms. The summed E-state index contributed by atoms with van der Waals surface area (Å²) in [4.78, 5) is 36.9. The SMILES string of the molecule is COC(=O)CN1C(=O)C2C3C=CC(CC3)C2C1=O. The van der Waals surface area contributed by atoms with Crippen molar-refractivity contribution in [3.63, 3.8) is 0 Å². The first-order chi connectivity index (χ1) is 8.63. The quantitative estimate of drug-likeness (QED) is 0.402. The zero-order valence-electron chi connectivity index (χ0n) is 10.2. The van der Waals surface area contributed by atoms with Gasteiger partial charge in [0.2, 0.25) is 11.8 Å². The third-order valence-corrected chi connectivity index (χ3v) is 4.37. The van der Waals surface area contributed by atoms with Crippen LogP contribution in [0.25, 0.3) is 0 Å². The van der Waals surface area contributed by atoms with E-state index < -0.39 is 5.97 Å². The molecule has 4 rings (SSSR count). The van der Waals surface area contributed by atoms with Gasteiger partial charge in [-0.15, -0.1) is 0 Å². The van der Waals surface area contributed by atoms with Crippen molar-refractivity contribution >= 4 is 17.8 Å². The Hall–Kier alpha value is -1.65. The topological polar surface area (TPSA) is 63.7 Å². The van der Waals surface area contributed by atoms with E-state index in [1.54, 1.807) is 0 Å². The minimum atomic E-state index is -0.546. The molecule has 4 atom stereocenters. The second-order valence-corrected chi connectivity index (χ2v) is 5.18. The standard InChI is InChI=1S/C13H15NO4/c1-18-9(15)6-14-12(16)10-7-2-3-8(5-4-7)11(10)13(14)17/h2-3,7-8,10-11H,4-6H2,1H3. The largest absolute Gasteiger partial charge is 0.468 e. The second kappa shape index (κ2) is 3.93. The number of carbonyl (C=O) groups is 3. The number of hydrogen-bond donors (Lipinski definition) is 0. The molecule has 1 aliphatic heterocycles. The number of hydrogen-bond acceptors (Lipinski definition) is 4. The number of allylic oxidation sites excluding steroid dienone is 2. The minimum absolute atomic E-state index is 0.166. The van der Waals surface area contributed by atoms with E-state index in [1.165, 1.54) is 7.11 Å². The number of carbonyl (C=O) groups excluding carboxylic acids is 3. The van der Waals surface area contributed by atoms with Gasteiger partial charge in [-0.25, -0.2) is 0 Å². The summed E-state index contributed by atoms with van der Waals surface area (Å²) in [6.45, 7) is -0.249. The Morgan fingerprint density at radius 1 is 1.22 bits per heavy atom. The molecule has 5 nitrogen and oxygen atoms in total. The molecule has 3 aliphatic carbocycles. The maximum absolute atomic E-state index is 12.3. The van der Waals surface area contributed by atoms with Crippen LogP contribution in [0.1, 0.15) is 12.8 Å². The first-order valence-corrected chi connectivity index (χ1v) is 6.24. The molecule has 0 radical (unpaired) electrons. The average molecular weight is 249 g/mol. The molecule has 0 aromatic heterocycles. The molecule has 1 saturated carbocycles. The van der Waals surface area contributed by atoms with Crippen molar-refractivity contribution in [3.05, 3.63) is 12.2 Å². The van der Waals surface area contributed by atoms with Gasteiger partial charge in [0.25, 0.3) is 0 Å². The van der Waals surface area contributed by atoms with Crippen molar-refractivity contribution in [1.29, 1.82) is 0 Å². The van der Waals surface area contributed by atoms with Crippen LogP contribution >= 0.6 is 0 Å². The number of nitrogens with zero attached hydrogens (tertiary/aromatic N) is 1. The van der Waals surface area contributed by atoms with Gasteiger partial charge in [-0.1, -0.05) is 12.2 Å². The summed E-state index contributed by atoms with van der Waals surface area (Å²) >= 11 is 0. The molecule has 2 fully saturated rings. The zero-order chi connectivity index (χ0) is 12.9. The summed E-state index contributed by atoms with van der Waals surface area (Å²) < 4.78 is 4.53. The number of ether oxygens (including phenoxy) is 1. The highest BCUT2D eigenvalue weighted by atomic mass is 16.5. The van der Waals surface area contributed by atoms with Crippen LogP contribution < -0.4 is 0 Å². The van der Waals surface area contributed by atoms with Gasteiger partial charge in [0.1, 0.15) is 6.54 Å². The molecule has 1 saturated heterocycles. The van der Waals surface area contributed by atoms with Crippen molar-refractivity contribution in [2.75, 3.05) is 13.7 Å². The van der Waals surface area contributed by atoms with Crippen molar-refractivity contribution in [3.8, 4) is 0 Å². The van der Waals surface area contributed by atoms with E-state index in [1.807, 2.05) is 0 Å². The fraction of sp³-hybridized carbons (Fsp3) is 0.615. The van der Waals surface area contributed by atoms with E-state index in [0.29, 0.717) is 0 Å². The Labute approximate surface area is 105 Å². The van der Waals surface area contributed by atoms with Crippen LogP contribution in [0.2, 0.25) is 0 Å². The molecule has 4 aliphatic rings. The number of amides is 2. The minimum Gasteiger partial charge on any atom is -0.468 e. The number of esters is 1. The molecule has 4 unspecified atom stereocenters.